The molecule has 1 amide bonds. The predicted molar refractivity (Wildman–Crippen MR) is 44.8 cm³/mol. The molecule has 0 bridgehead atoms. The first-order chi connectivity index (χ1) is 4.80. The fourth-order valence-electron chi connectivity index (χ4n) is 0.774. The molecule has 0 atom stereocenters. The molecule has 11 heavy (non-hydrogen) atoms. The molecule has 5 heteroatoms. The number of amides is 1. The SMILES string of the molecule is CC1(C)C(=O)N=C(N)C1(Cl)Cl. The molecule has 0 saturated carbocycles. The Hall–Kier alpha value is -0.280. The van der Waals surface area contributed by atoms with Gasteiger partial charge in [0.05, 0.1) is 5.41 Å². The Morgan fingerprint density at radius 1 is 1.45 bits per heavy atom. The number of nitrogens with two attached hydrogens (primary N) is 1. The van der Waals surface area contributed by atoms with Crippen LogP contribution < -0.4 is 5.73 Å². The van der Waals surface area contributed by atoms with E-state index in [-0.39, 0.29) is 11.7 Å². The van der Waals surface area contributed by atoms with Gasteiger partial charge in [-0.25, -0.2) is 0 Å². The van der Waals surface area contributed by atoms with Crippen LogP contribution in [-0.2, 0) is 4.79 Å². The number of carbonyl (C=O) groups is 1. The van der Waals surface area contributed by atoms with E-state index in [9.17, 15) is 4.79 Å². The van der Waals surface area contributed by atoms with Crippen LogP contribution in [0.25, 0.3) is 0 Å². The van der Waals surface area contributed by atoms with Gasteiger partial charge in [0.1, 0.15) is 5.84 Å². The molecule has 0 radical (unpaired) electrons. The number of nitrogens with zero attached hydrogens (tertiary/aromatic N) is 1. The Labute approximate surface area is 74.6 Å². The molecule has 0 fully saturated rings. The normalized spacial score (nSPS) is 26.9. The highest BCUT2D eigenvalue weighted by molar-refractivity contribution is 6.61. The van der Waals surface area contributed by atoms with Crippen LogP contribution in [0.3, 0.4) is 0 Å². The maximum atomic E-state index is 11.1. The van der Waals surface area contributed by atoms with Crippen molar-refractivity contribution in [3.63, 3.8) is 0 Å². The lowest BCUT2D eigenvalue weighted by molar-refractivity contribution is -0.124. The van der Waals surface area contributed by atoms with Crippen molar-refractivity contribution in [3.8, 4) is 0 Å². The van der Waals surface area contributed by atoms with Gasteiger partial charge in [-0.2, -0.15) is 4.99 Å². The monoisotopic (exact) mass is 194 g/mol. The van der Waals surface area contributed by atoms with Crippen LogP contribution in [0.15, 0.2) is 4.99 Å². The third kappa shape index (κ3) is 0.948. The highest BCUT2D eigenvalue weighted by Crippen LogP contribution is 2.45. The van der Waals surface area contributed by atoms with Crippen molar-refractivity contribution in [2.45, 2.75) is 18.2 Å². The van der Waals surface area contributed by atoms with Crippen LogP contribution in [0.2, 0.25) is 0 Å². The van der Waals surface area contributed by atoms with Crippen molar-refractivity contribution in [2.75, 3.05) is 0 Å². The average Bonchev–Trinajstić information content (AvgIpc) is 1.95. The Morgan fingerprint density at radius 2 is 1.91 bits per heavy atom. The van der Waals surface area contributed by atoms with Gasteiger partial charge in [-0.3, -0.25) is 4.79 Å². The zero-order chi connectivity index (χ0) is 8.86. The molecule has 2 N–H and O–H groups in total. The molecule has 62 valence electrons. The minimum Gasteiger partial charge on any atom is -0.384 e. The fraction of sp³-hybridized carbons (Fsp3) is 0.667. The van der Waals surface area contributed by atoms with E-state index >= 15 is 0 Å². The molecule has 0 saturated heterocycles. The number of halogens is 2. The molecule has 0 aromatic rings. The number of carbonyl (C=O) groups excluding carboxylic acids is 1. The first kappa shape index (κ1) is 8.81. The van der Waals surface area contributed by atoms with Gasteiger partial charge in [0.15, 0.2) is 4.33 Å². The second kappa shape index (κ2) is 2.11. The average molecular weight is 195 g/mol. The van der Waals surface area contributed by atoms with Crippen LogP contribution in [0.4, 0.5) is 0 Å². The lowest BCUT2D eigenvalue weighted by Gasteiger charge is -2.26. The summed E-state index contributed by atoms with van der Waals surface area (Å²) in [5.41, 5.74) is 4.43. The molecule has 1 aliphatic heterocycles. The quantitative estimate of drug-likeness (QED) is 0.588. The second-order valence-electron chi connectivity index (χ2n) is 3.00. The Morgan fingerprint density at radius 3 is 2.00 bits per heavy atom. The minimum atomic E-state index is -1.36. The fourth-order valence-corrected chi connectivity index (χ4v) is 1.02. The van der Waals surface area contributed by atoms with Gasteiger partial charge in [0.2, 0.25) is 0 Å². The van der Waals surface area contributed by atoms with Gasteiger partial charge in [0, 0.05) is 0 Å². The Balaban J connectivity index is 3.17. The number of rotatable bonds is 0. The highest BCUT2D eigenvalue weighted by atomic mass is 35.5. The largest absolute Gasteiger partial charge is 0.384 e. The van der Waals surface area contributed by atoms with Crippen LogP contribution in [0.1, 0.15) is 13.8 Å². The molecule has 0 aromatic heterocycles. The van der Waals surface area contributed by atoms with Crippen molar-refractivity contribution < 1.29 is 4.79 Å². The van der Waals surface area contributed by atoms with Gasteiger partial charge < -0.3 is 5.73 Å². The lowest BCUT2D eigenvalue weighted by atomic mass is 9.89. The third-order valence-electron chi connectivity index (χ3n) is 1.86. The summed E-state index contributed by atoms with van der Waals surface area (Å²) < 4.78 is -1.36. The maximum Gasteiger partial charge on any atom is 0.256 e. The van der Waals surface area contributed by atoms with E-state index < -0.39 is 9.75 Å². The molecule has 1 rings (SSSR count). The van der Waals surface area contributed by atoms with Crippen molar-refractivity contribution >= 4 is 34.9 Å². The molecule has 3 nitrogen and oxygen atoms in total. The Bertz CT molecular complexity index is 245. The van der Waals surface area contributed by atoms with Crippen molar-refractivity contribution in [2.24, 2.45) is 16.1 Å². The standard InChI is InChI=1S/C6H8Cl2N2O/c1-5(2)4(11)10-3(9)6(5,7)8/h1-2H3,(H2,9,10,11). The second-order valence-corrected chi connectivity index (χ2v) is 4.33. The van der Waals surface area contributed by atoms with Gasteiger partial charge in [0.25, 0.3) is 5.91 Å². The number of aliphatic imine (C=N–C) groups is 1. The van der Waals surface area contributed by atoms with Crippen LogP contribution in [0, 0.1) is 5.41 Å². The van der Waals surface area contributed by atoms with Crippen LogP contribution >= 0.6 is 23.2 Å². The van der Waals surface area contributed by atoms with E-state index in [0.29, 0.717) is 0 Å². The first-order valence-electron chi connectivity index (χ1n) is 3.07. The van der Waals surface area contributed by atoms with E-state index in [1.807, 2.05) is 0 Å². The van der Waals surface area contributed by atoms with Gasteiger partial charge in [-0.15, -0.1) is 0 Å². The summed E-state index contributed by atoms with van der Waals surface area (Å²) >= 11 is 11.6. The summed E-state index contributed by atoms with van der Waals surface area (Å²) in [6.07, 6.45) is 0. The molecule has 1 heterocycles. The first-order valence-corrected chi connectivity index (χ1v) is 3.82. The summed E-state index contributed by atoms with van der Waals surface area (Å²) in [4.78, 5) is 14.6. The van der Waals surface area contributed by atoms with Crippen LogP contribution in [-0.4, -0.2) is 16.1 Å². The van der Waals surface area contributed by atoms with E-state index in [2.05, 4.69) is 4.99 Å². The van der Waals surface area contributed by atoms with E-state index in [1.54, 1.807) is 13.8 Å². The summed E-state index contributed by atoms with van der Waals surface area (Å²) in [6, 6.07) is 0. The molecular formula is C6H8Cl2N2O. The summed E-state index contributed by atoms with van der Waals surface area (Å²) in [5, 5.41) is 0. The van der Waals surface area contributed by atoms with E-state index in [1.165, 1.54) is 0 Å². The smallest absolute Gasteiger partial charge is 0.256 e. The Kier molecular flexibility index (Phi) is 1.69. The molecule has 1 aliphatic rings. The maximum absolute atomic E-state index is 11.1. The number of amidine groups is 1. The lowest BCUT2D eigenvalue weighted by Crippen LogP contribution is -2.43. The molecule has 0 aliphatic carbocycles. The van der Waals surface area contributed by atoms with Gasteiger partial charge >= 0.3 is 0 Å². The molecule has 0 spiro atoms. The zero-order valence-electron chi connectivity index (χ0n) is 6.19. The van der Waals surface area contributed by atoms with Crippen LogP contribution in [0.5, 0.6) is 0 Å². The van der Waals surface area contributed by atoms with Crippen molar-refractivity contribution in [1.82, 2.24) is 0 Å². The van der Waals surface area contributed by atoms with Gasteiger partial charge in [-0.05, 0) is 13.8 Å². The zero-order valence-corrected chi connectivity index (χ0v) is 7.70. The predicted octanol–water partition coefficient (Wildman–Crippen LogP) is 1.08. The van der Waals surface area contributed by atoms with Crippen molar-refractivity contribution in [1.29, 1.82) is 0 Å². The molecule has 0 aromatic carbocycles. The summed E-state index contributed by atoms with van der Waals surface area (Å²) in [5.74, 6) is -0.393. The highest BCUT2D eigenvalue weighted by Gasteiger charge is 2.55. The summed E-state index contributed by atoms with van der Waals surface area (Å²) in [6.45, 7) is 3.22. The minimum absolute atomic E-state index is 0.0177. The number of hydrogen-bond donors (Lipinski definition) is 1. The molecular weight excluding hydrogens is 187 g/mol. The van der Waals surface area contributed by atoms with Gasteiger partial charge in [-0.1, -0.05) is 23.2 Å². The number of hydrogen-bond acceptors (Lipinski definition) is 2. The van der Waals surface area contributed by atoms with E-state index in [4.69, 9.17) is 28.9 Å². The topological polar surface area (TPSA) is 55.5 Å². The van der Waals surface area contributed by atoms with E-state index in [0.717, 1.165) is 0 Å². The third-order valence-corrected chi connectivity index (χ3v) is 3.20. The molecule has 0 unspecified atom stereocenters. The number of alkyl halides is 2. The van der Waals surface area contributed by atoms with Crippen molar-refractivity contribution in [3.05, 3.63) is 0 Å². The summed E-state index contributed by atoms with van der Waals surface area (Å²) in [7, 11) is 0.